The van der Waals surface area contributed by atoms with Crippen molar-refractivity contribution in [1.82, 2.24) is 4.90 Å². The zero-order valence-corrected chi connectivity index (χ0v) is 16.7. The third-order valence-corrected chi connectivity index (χ3v) is 3.75. The van der Waals surface area contributed by atoms with Crippen LogP contribution in [0, 0.1) is 10.8 Å². The van der Waals surface area contributed by atoms with Gasteiger partial charge in [0.2, 0.25) is 5.91 Å². The Bertz CT molecular complexity index is 386. The van der Waals surface area contributed by atoms with Crippen molar-refractivity contribution in [3.8, 4) is 0 Å². The molecule has 136 valence electrons. The SMILES string of the molecule is COC(=O)C(C)(C)CC(C)(C)CC(=O)N(CCO)CCOOI. The lowest BCUT2D eigenvalue weighted by atomic mass is 9.73. The number of aliphatic hydroxyl groups excluding tert-OH is 1. The third-order valence-electron chi connectivity index (χ3n) is 3.50. The molecule has 0 aromatic carbocycles. The van der Waals surface area contributed by atoms with Gasteiger partial charge in [0.1, 0.15) is 6.61 Å². The molecule has 0 aliphatic heterocycles. The maximum absolute atomic E-state index is 12.5. The highest BCUT2D eigenvalue weighted by Gasteiger charge is 2.37. The molecule has 0 aromatic heterocycles. The van der Waals surface area contributed by atoms with Crippen LogP contribution in [0.4, 0.5) is 0 Å². The molecule has 1 amide bonds. The molecular weight excluding hydrogens is 417 g/mol. The van der Waals surface area contributed by atoms with E-state index in [1.165, 1.54) is 12.0 Å². The van der Waals surface area contributed by atoms with Gasteiger partial charge in [-0.15, -0.1) is 0 Å². The summed E-state index contributed by atoms with van der Waals surface area (Å²) in [7, 11) is 1.36. The molecule has 0 saturated carbocycles. The molecule has 1 N–H and O–H groups in total. The number of aliphatic hydroxyl groups is 1. The Kier molecular flexibility index (Phi) is 10.2. The first-order valence-corrected chi connectivity index (χ1v) is 8.35. The summed E-state index contributed by atoms with van der Waals surface area (Å²) in [6.07, 6.45) is 0.775. The zero-order chi connectivity index (χ0) is 18.1. The molecule has 0 bridgehead atoms. The van der Waals surface area contributed by atoms with Gasteiger partial charge in [-0.3, -0.25) is 9.59 Å². The summed E-state index contributed by atoms with van der Waals surface area (Å²) in [5.74, 6) is -0.389. The smallest absolute Gasteiger partial charge is 0.311 e. The Labute approximate surface area is 152 Å². The molecule has 0 atom stereocenters. The molecule has 0 radical (unpaired) electrons. The predicted octanol–water partition coefficient (Wildman–Crippen LogP) is 2.11. The van der Waals surface area contributed by atoms with E-state index in [2.05, 4.69) is 3.22 Å². The Hall–Kier alpha value is -0.450. The van der Waals surface area contributed by atoms with Gasteiger partial charge in [-0.05, 0) is 25.7 Å². The summed E-state index contributed by atoms with van der Waals surface area (Å²) in [5.41, 5.74) is -1.05. The van der Waals surface area contributed by atoms with Crippen molar-refractivity contribution in [3.63, 3.8) is 0 Å². The molecule has 23 heavy (non-hydrogen) atoms. The normalized spacial score (nSPS) is 12.1. The average Bonchev–Trinajstić information content (AvgIpc) is 2.43. The lowest BCUT2D eigenvalue weighted by Gasteiger charge is -2.34. The van der Waals surface area contributed by atoms with Gasteiger partial charge in [-0.2, -0.15) is 3.22 Å². The first kappa shape index (κ1) is 22.6. The maximum atomic E-state index is 12.5. The molecule has 0 aromatic rings. The van der Waals surface area contributed by atoms with Gasteiger partial charge in [0.05, 0.1) is 19.1 Å². The van der Waals surface area contributed by atoms with Crippen molar-refractivity contribution in [2.45, 2.75) is 40.5 Å². The zero-order valence-electron chi connectivity index (χ0n) is 14.6. The van der Waals surface area contributed by atoms with Gasteiger partial charge in [-0.1, -0.05) is 13.8 Å². The van der Waals surface area contributed by atoms with E-state index in [1.807, 2.05) is 27.7 Å². The molecule has 0 saturated heterocycles. The first-order chi connectivity index (χ1) is 10.6. The van der Waals surface area contributed by atoms with Crippen LogP contribution in [0.1, 0.15) is 40.5 Å². The van der Waals surface area contributed by atoms with E-state index in [0.29, 0.717) is 13.0 Å². The van der Waals surface area contributed by atoms with Crippen molar-refractivity contribution < 1.29 is 27.5 Å². The number of hydrogen-bond donors (Lipinski definition) is 1. The number of ether oxygens (including phenoxy) is 1. The number of halogens is 1. The second kappa shape index (κ2) is 10.4. The summed E-state index contributed by atoms with van der Waals surface area (Å²) < 4.78 is 9.29. The van der Waals surface area contributed by atoms with Crippen LogP contribution in [-0.4, -0.2) is 55.3 Å². The van der Waals surface area contributed by atoms with E-state index in [9.17, 15) is 9.59 Å². The van der Waals surface area contributed by atoms with E-state index in [4.69, 9.17) is 14.7 Å². The highest BCUT2D eigenvalue weighted by molar-refractivity contribution is 14.1. The van der Waals surface area contributed by atoms with Crippen molar-refractivity contribution >= 4 is 34.9 Å². The molecule has 0 aliphatic carbocycles. The molecule has 0 spiro atoms. The third kappa shape index (κ3) is 8.83. The van der Waals surface area contributed by atoms with Crippen LogP contribution in [0.25, 0.3) is 0 Å². The van der Waals surface area contributed by atoms with Crippen LogP contribution in [0.15, 0.2) is 0 Å². The van der Waals surface area contributed by atoms with E-state index in [0.717, 1.165) is 0 Å². The second-order valence-corrected chi connectivity index (χ2v) is 7.24. The largest absolute Gasteiger partial charge is 0.469 e. The lowest BCUT2D eigenvalue weighted by molar-refractivity contribution is -0.172. The number of esters is 1. The van der Waals surface area contributed by atoms with Crippen LogP contribution >= 0.6 is 23.0 Å². The highest BCUT2D eigenvalue weighted by atomic mass is 127. The summed E-state index contributed by atoms with van der Waals surface area (Å²) in [6.45, 7) is 8.17. The van der Waals surface area contributed by atoms with Crippen LogP contribution < -0.4 is 0 Å². The molecule has 8 heteroatoms. The Morgan fingerprint density at radius 2 is 1.78 bits per heavy atom. The van der Waals surface area contributed by atoms with Crippen LogP contribution in [0.3, 0.4) is 0 Å². The Morgan fingerprint density at radius 3 is 2.26 bits per heavy atom. The van der Waals surface area contributed by atoms with Crippen molar-refractivity contribution in [3.05, 3.63) is 0 Å². The minimum atomic E-state index is -0.668. The predicted molar refractivity (Wildman–Crippen MR) is 93.5 cm³/mol. The van der Waals surface area contributed by atoms with Crippen LogP contribution in [-0.2, 0) is 22.4 Å². The molecule has 0 aliphatic rings. The van der Waals surface area contributed by atoms with Crippen molar-refractivity contribution in [2.75, 3.05) is 33.4 Å². The number of methoxy groups -OCH3 is 1. The monoisotopic (exact) mass is 445 g/mol. The quantitative estimate of drug-likeness (QED) is 0.172. The number of carbonyl (C=O) groups excluding carboxylic acids is 2. The number of nitrogens with zero attached hydrogens (tertiary/aromatic N) is 1. The van der Waals surface area contributed by atoms with Gasteiger partial charge in [-0.25, -0.2) is 4.89 Å². The van der Waals surface area contributed by atoms with Crippen molar-refractivity contribution in [1.29, 1.82) is 0 Å². The van der Waals surface area contributed by atoms with Gasteiger partial charge >= 0.3 is 5.97 Å². The highest BCUT2D eigenvalue weighted by Crippen LogP contribution is 2.37. The minimum Gasteiger partial charge on any atom is -0.469 e. The van der Waals surface area contributed by atoms with Gasteiger partial charge < -0.3 is 14.7 Å². The summed E-state index contributed by atoms with van der Waals surface area (Å²) in [5, 5.41) is 9.10. The van der Waals surface area contributed by atoms with E-state index < -0.39 is 5.41 Å². The minimum absolute atomic E-state index is 0.0956. The Balaban J connectivity index is 4.76. The summed E-state index contributed by atoms with van der Waals surface area (Å²) >= 11 is 1.60. The molecule has 0 fully saturated rings. The molecule has 0 heterocycles. The van der Waals surface area contributed by atoms with E-state index in [-0.39, 0.29) is 43.5 Å². The standard InChI is InChI=1S/C15H28INO6/c1-14(2,11-15(3,4)13(20)21-5)10-12(19)17(6-8-18)7-9-22-23-16/h18H,6-11H2,1-5H3. The fourth-order valence-corrected chi connectivity index (χ4v) is 2.97. The van der Waals surface area contributed by atoms with Gasteiger partial charge in [0.25, 0.3) is 0 Å². The number of rotatable bonds is 11. The Morgan fingerprint density at radius 1 is 1.17 bits per heavy atom. The maximum Gasteiger partial charge on any atom is 0.311 e. The number of carbonyl (C=O) groups is 2. The fraction of sp³-hybridized carbons (Fsp3) is 0.867. The fourth-order valence-electron chi connectivity index (χ4n) is 2.79. The molecular formula is C15H28INO6. The summed E-state index contributed by atoms with van der Waals surface area (Å²) in [4.78, 5) is 30.6. The molecule has 0 unspecified atom stereocenters. The first-order valence-electron chi connectivity index (χ1n) is 7.47. The van der Waals surface area contributed by atoms with Crippen LogP contribution in [0.2, 0.25) is 0 Å². The summed E-state index contributed by atoms with van der Waals surface area (Å²) in [6, 6.07) is 0. The van der Waals surface area contributed by atoms with Gasteiger partial charge in [0.15, 0.2) is 23.0 Å². The van der Waals surface area contributed by atoms with E-state index >= 15 is 0 Å². The topological polar surface area (TPSA) is 85.3 Å². The van der Waals surface area contributed by atoms with Gasteiger partial charge in [0, 0.05) is 19.5 Å². The molecule has 7 nitrogen and oxygen atoms in total. The molecule has 0 rings (SSSR count). The lowest BCUT2D eigenvalue weighted by Crippen LogP contribution is -2.40. The number of amides is 1. The second-order valence-electron chi connectivity index (χ2n) is 6.88. The van der Waals surface area contributed by atoms with Crippen molar-refractivity contribution in [2.24, 2.45) is 10.8 Å². The average molecular weight is 445 g/mol. The number of hydrogen-bond acceptors (Lipinski definition) is 6. The van der Waals surface area contributed by atoms with E-state index in [1.54, 1.807) is 23.0 Å². The van der Waals surface area contributed by atoms with Crippen LogP contribution in [0.5, 0.6) is 0 Å².